The maximum Gasteiger partial charge on any atom is 0.320 e. The molecular weight excluding hydrogens is 292 g/mol. The van der Waals surface area contributed by atoms with Crippen molar-refractivity contribution in [3.05, 3.63) is 36.2 Å². The first kappa shape index (κ1) is 19.0. The predicted molar refractivity (Wildman–Crippen MR) is 77.7 cm³/mol. The summed E-state index contributed by atoms with van der Waals surface area (Å²) >= 11 is 0. The van der Waals surface area contributed by atoms with Gasteiger partial charge in [-0.05, 0) is 24.1 Å². The Morgan fingerprint density at radius 3 is 2.14 bits per heavy atom. The summed E-state index contributed by atoms with van der Waals surface area (Å²) in [5.74, 6) is -1.82. The van der Waals surface area contributed by atoms with Gasteiger partial charge in [-0.1, -0.05) is 17.3 Å². The molecule has 1 atom stereocenters. The van der Waals surface area contributed by atoms with Crippen LogP contribution in [0, 0.1) is 0 Å². The van der Waals surface area contributed by atoms with Crippen LogP contribution in [0.25, 0.3) is 0 Å². The number of nitrogens with two attached hydrogens (primary N) is 2. The second-order valence-corrected chi connectivity index (χ2v) is 3.97. The number of anilines is 1. The molecule has 0 radical (unpaired) electrons. The number of aliphatic carboxylic acids is 2. The van der Waals surface area contributed by atoms with Crippen molar-refractivity contribution in [1.82, 2.24) is 20.6 Å². The lowest BCUT2D eigenvalue weighted by molar-refractivity contribution is -0.138. The standard InChI is InChI=1S/C9H12N2O2.C2H4O2.CH2N4/c10-7-3-1-6(2-4-7)5-8(11)9(12)13;1-2(3)4;1-2-4-5-3-1/h1-4,8H,5,10-11H2,(H,12,13);1H3,(H,3,4);1H,(H,2,3,4,5)/t8-;;/m0../s1. The zero-order valence-electron chi connectivity index (χ0n) is 11.9. The molecule has 2 aromatic rings. The Morgan fingerprint density at radius 1 is 1.27 bits per heavy atom. The van der Waals surface area contributed by atoms with Crippen LogP contribution in [0.4, 0.5) is 5.69 Å². The van der Waals surface area contributed by atoms with E-state index in [4.69, 9.17) is 26.5 Å². The molecule has 10 nitrogen and oxygen atoms in total. The van der Waals surface area contributed by atoms with Gasteiger partial charge in [-0.15, -0.1) is 10.2 Å². The topological polar surface area (TPSA) is 181 Å². The van der Waals surface area contributed by atoms with Gasteiger partial charge in [0.1, 0.15) is 6.04 Å². The smallest absolute Gasteiger partial charge is 0.320 e. The summed E-state index contributed by atoms with van der Waals surface area (Å²) < 4.78 is 0. The summed E-state index contributed by atoms with van der Waals surface area (Å²) in [5, 5.41) is 28.1. The lowest BCUT2D eigenvalue weighted by Crippen LogP contribution is -2.32. The second kappa shape index (κ2) is 10.7. The van der Waals surface area contributed by atoms with Gasteiger partial charge in [-0.2, -0.15) is 5.21 Å². The van der Waals surface area contributed by atoms with E-state index in [-0.39, 0.29) is 0 Å². The third-order valence-corrected chi connectivity index (χ3v) is 2.02. The minimum atomic E-state index is -0.989. The number of H-pyrrole nitrogens is 1. The minimum absolute atomic E-state index is 0.329. The Balaban J connectivity index is 0.000000400. The summed E-state index contributed by atoms with van der Waals surface area (Å²) in [7, 11) is 0. The molecule has 22 heavy (non-hydrogen) atoms. The molecule has 10 heteroatoms. The second-order valence-electron chi connectivity index (χ2n) is 3.97. The quantitative estimate of drug-likeness (QED) is 0.467. The molecule has 0 aliphatic carbocycles. The highest BCUT2D eigenvalue weighted by Crippen LogP contribution is 2.07. The lowest BCUT2D eigenvalue weighted by Gasteiger charge is -2.05. The summed E-state index contributed by atoms with van der Waals surface area (Å²) in [6, 6.07) is 6.16. The summed E-state index contributed by atoms with van der Waals surface area (Å²) in [6.45, 7) is 1.08. The summed E-state index contributed by atoms with van der Waals surface area (Å²) in [6.07, 6.45) is 1.66. The average molecular weight is 310 g/mol. The van der Waals surface area contributed by atoms with Crippen molar-refractivity contribution in [1.29, 1.82) is 0 Å². The van der Waals surface area contributed by atoms with Gasteiger partial charge in [0.2, 0.25) is 0 Å². The third kappa shape index (κ3) is 10.9. The number of tetrazole rings is 1. The van der Waals surface area contributed by atoms with Crippen LogP contribution in [0.15, 0.2) is 30.6 Å². The largest absolute Gasteiger partial charge is 0.481 e. The van der Waals surface area contributed by atoms with Crippen LogP contribution in [0.5, 0.6) is 0 Å². The van der Waals surface area contributed by atoms with Crippen LogP contribution in [0.3, 0.4) is 0 Å². The number of aromatic nitrogens is 4. The first-order chi connectivity index (χ1) is 10.3. The van der Waals surface area contributed by atoms with Crippen LogP contribution in [0.1, 0.15) is 12.5 Å². The molecule has 0 amide bonds. The van der Waals surface area contributed by atoms with Gasteiger partial charge in [-0.25, -0.2) is 0 Å². The number of hydrogen-bond donors (Lipinski definition) is 5. The van der Waals surface area contributed by atoms with E-state index >= 15 is 0 Å². The van der Waals surface area contributed by atoms with E-state index in [1.807, 2.05) is 0 Å². The fourth-order valence-electron chi connectivity index (χ4n) is 1.12. The number of nitrogens with one attached hydrogen (secondary N) is 1. The van der Waals surface area contributed by atoms with Crippen LogP contribution in [-0.2, 0) is 16.0 Å². The van der Waals surface area contributed by atoms with Crippen molar-refractivity contribution in [2.45, 2.75) is 19.4 Å². The van der Waals surface area contributed by atoms with Crippen molar-refractivity contribution in [2.75, 3.05) is 5.73 Å². The normalized spacial score (nSPS) is 10.3. The Bertz CT molecular complexity index is 522. The van der Waals surface area contributed by atoms with E-state index in [9.17, 15) is 4.79 Å². The predicted octanol–water partition coefficient (Wildman–Crippen LogP) is -0.486. The van der Waals surface area contributed by atoms with Gasteiger partial charge in [0, 0.05) is 12.6 Å². The maximum atomic E-state index is 10.4. The number of rotatable bonds is 3. The molecular formula is C12H18N6O4. The van der Waals surface area contributed by atoms with E-state index in [1.54, 1.807) is 24.3 Å². The van der Waals surface area contributed by atoms with E-state index in [2.05, 4.69) is 20.6 Å². The molecule has 0 spiro atoms. The minimum Gasteiger partial charge on any atom is -0.481 e. The molecule has 0 bridgehead atoms. The molecule has 1 aromatic heterocycles. The molecule has 1 heterocycles. The van der Waals surface area contributed by atoms with Gasteiger partial charge in [0.25, 0.3) is 5.97 Å². The van der Waals surface area contributed by atoms with Crippen LogP contribution >= 0.6 is 0 Å². The van der Waals surface area contributed by atoms with Gasteiger partial charge in [-0.3, -0.25) is 9.59 Å². The fraction of sp³-hybridized carbons (Fsp3) is 0.250. The Morgan fingerprint density at radius 2 is 1.82 bits per heavy atom. The number of carboxylic acid groups (broad SMARTS) is 2. The van der Waals surface area contributed by atoms with Gasteiger partial charge >= 0.3 is 5.97 Å². The first-order valence-corrected chi connectivity index (χ1v) is 6.01. The van der Waals surface area contributed by atoms with Gasteiger partial charge < -0.3 is 21.7 Å². The maximum absolute atomic E-state index is 10.4. The number of benzene rings is 1. The number of carboxylic acids is 2. The van der Waals surface area contributed by atoms with Crippen molar-refractivity contribution >= 4 is 17.6 Å². The first-order valence-electron chi connectivity index (χ1n) is 6.01. The molecule has 0 aliphatic rings. The highest BCUT2D eigenvalue weighted by atomic mass is 16.4. The van der Waals surface area contributed by atoms with E-state index in [0.29, 0.717) is 12.1 Å². The molecule has 0 saturated carbocycles. The molecule has 120 valence electrons. The summed E-state index contributed by atoms with van der Waals surface area (Å²) in [5.41, 5.74) is 12.4. The van der Waals surface area contributed by atoms with E-state index in [1.165, 1.54) is 6.33 Å². The van der Waals surface area contributed by atoms with Crippen molar-refractivity contribution in [3.63, 3.8) is 0 Å². The van der Waals surface area contributed by atoms with E-state index < -0.39 is 18.0 Å². The number of nitrogen functional groups attached to an aromatic ring is 1. The average Bonchev–Trinajstić information content (AvgIpc) is 3.00. The lowest BCUT2D eigenvalue weighted by atomic mass is 10.1. The van der Waals surface area contributed by atoms with Gasteiger partial charge in [0.05, 0.1) is 0 Å². The Kier molecular flexibility index (Phi) is 9.27. The zero-order chi connectivity index (χ0) is 17.0. The van der Waals surface area contributed by atoms with Crippen molar-refractivity contribution in [2.24, 2.45) is 5.73 Å². The number of aromatic amines is 1. The highest BCUT2D eigenvalue weighted by molar-refractivity contribution is 5.73. The fourth-order valence-corrected chi connectivity index (χ4v) is 1.12. The number of carbonyl (C=O) groups is 2. The molecule has 0 aliphatic heterocycles. The monoisotopic (exact) mass is 310 g/mol. The van der Waals surface area contributed by atoms with Crippen molar-refractivity contribution < 1.29 is 19.8 Å². The van der Waals surface area contributed by atoms with Crippen LogP contribution in [-0.4, -0.2) is 48.8 Å². The van der Waals surface area contributed by atoms with Crippen LogP contribution in [0.2, 0.25) is 0 Å². The van der Waals surface area contributed by atoms with Gasteiger partial charge in [0.15, 0.2) is 6.33 Å². The SMILES string of the molecule is CC(=O)O.Nc1ccc(C[C@H](N)C(=O)O)cc1.c1nn[nH]n1. The van der Waals surface area contributed by atoms with E-state index in [0.717, 1.165) is 12.5 Å². The summed E-state index contributed by atoms with van der Waals surface area (Å²) in [4.78, 5) is 19.4. The highest BCUT2D eigenvalue weighted by Gasteiger charge is 2.11. The molecule has 0 unspecified atom stereocenters. The third-order valence-electron chi connectivity index (χ3n) is 2.02. The molecule has 2 rings (SSSR count). The zero-order valence-corrected chi connectivity index (χ0v) is 11.9. The molecule has 0 fully saturated rings. The Labute approximate surface area is 126 Å². The Hall–Kier alpha value is -3.01. The van der Waals surface area contributed by atoms with Crippen LogP contribution < -0.4 is 11.5 Å². The molecule has 0 saturated heterocycles. The molecule has 7 N–H and O–H groups in total. The number of nitrogens with zero attached hydrogens (tertiary/aromatic N) is 3. The van der Waals surface area contributed by atoms with Crippen molar-refractivity contribution in [3.8, 4) is 0 Å². The molecule has 1 aromatic carbocycles. The number of hydrogen-bond acceptors (Lipinski definition) is 7.